The maximum atomic E-state index is 12.0. The fraction of sp³-hybridized carbons (Fsp3) is 0.643. The van der Waals surface area contributed by atoms with Crippen LogP contribution in [0.15, 0.2) is 6.07 Å². The van der Waals surface area contributed by atoms with Crippen LogP contribution in [0.5, 0.6) is 0 Å². The SMILES string of the molecule is CCOCc1nc(NC)cc(NCC(=O)N(CC)CC)n1. The molecule has 118 valence electrons. The molecule has 0 radical (unpaired) electrons. The lowest BCUT2D eigenvalue weighted by Gasteiger charge is -2.19. The summed E-state index contributed by atoms with van der Waals surface area (Å²) in [7, 11) is 1.79. The van der Waals surface area contributed by atoms with E-state index in [1.54, 1.807) is 18.0 Å². The predicted molar refractivity (Wildman–Crippen MR) is 83.3 cm³/mol. The minimum atomic E-state index is 0.0518. The van der Waals surface area contributed by atoms with Crippen molar-refractivity contribution < 1.29 is 9.53 Å². The number of aromatic nitrogens is 2. The van der Waals surface area contributed by atoms with Gasteiger partial charge in [0.05, 0.1) is 6.54 Å². The van der Waals surface area contributed by atoms with Crippen molar-refractivity contribution in [2.45, 2.75) is 27.4 Å². The molecule has 0 aliphatic carbocycles. The Morgan fingerprint density at radius 2 is 1.90 bits per heavy atom. The molecule has 0 atom stereocenters. The topological polar surface area (TPSA) is 79.4 Å². The zero-order valence-electron chi connectivity index (χ0n) is 13.3. The van der Waals surface area contributed by atoms with Gasteiger partial charge in [-0.15, -0.1) is 0 Å². The number of likely N-dealkylation sites (N-methyl/N-ethyl adjacent to an activating group) is 1. The first-order chi connectivity index (χ1) is 10.1. The minimum absolute atomic E-state index is 0.0518. The van der Waals surface area contributed by atoms with Crippen molar-refractivity contribution in [2.75, 3.05) is 43.9 Å². The Kier molecular flexibility index (Phi) is 7.45. The van der Waals surface area contributed by atoms with Crippen LogP contribution in [-0.2, 0) is 16.1 Å². The van der Waals surface area contributed by atoms with E-state index in [-0.39, 0.29) is 12.5 Å². The van der Waals surface area contributed by atoms with E-state index in [4.69, 9.17) is 4.74 Å². The Labute approximate surface area is 126 Å². The van der Waals surface area contributed by atoms with Crippen LogP contribution < -0.4 is 10.6 Å². The van der Waals surface area contributed by atoms with E-state index < -0.39 is 0 Å². The third-order valence-electron chi connectivity index (χ3n) is 3.00. The van der Waals surface area contributed by atoms with Crippen LogP contribution in [0.2, 0.25) is 0 Å². The molecule has 1 aromatic rings. The number of hydrogen-bond acceptors (Lipinski definition) is 6. The molecule has 0 saturated heterocycles. The first kappa shape index (κ1) is 17.2. The normalized spacial score (nSPS) is 10.3. The van der Waals surface area contributed by atoms with Crippen molar-refractivity contribution in [1.82, 2.24) is 14.9 Å². The molecule has 0 bridgehead atoms. The zero-order valence-corrected chi connectivity index (χ0v) is 13.3. The maximum Gasteiger partial charge on any atom is 0.241 e. The number of carbonyl (C=O) groups excluding carboxylic acids is 1. The lowest BCUT2D eigenvalue weighted by atomic mass is 10.4. The predicted octanol–water partition coefficient (Wildman–Crippen LogP) is 1.34. The van der Waals surface area contributed by atoms with Crippen molar-refractivity contribution in [3.63, 3.8) is 0 Å². The standard InChI is InChI=1S/C14H25N5O2/c1-5-19(6-2)14(20)9-16-12-8-11(15-4)17-13(18-12)10-21-7-3/h8H,5-7,9-10H2,1-4H3,(H2,15,16,17,18). The Balaban J connectivity index is 2.71. The molecule has 1 heterocycles. The number of hydrogen-bond donors (Lipinski definition) is 2. The summed E-state index contributed by atoms with van der Waals surface area (Å²) in [6.45, 7) is 8.44. The molecule has 0 aliphatic rings. The van der Waals surface area contributed by atoms with Crippen LogP contribution in [0.4, 0.5) is 11.6 Å². The molecule has 0 aliphatic heterocycles. The van der Waals surface area contributed by atoms with Crippen molar-refractivity contribution in [1.29, 1.82) is 0 Å². The van der Waals surface area contributed by atoms with Gasteiger partial charge in [-0.05, 0) is 20.8 Å². The number of nitrogens with one attached hydrogen (secondary N) is 2. The molecule has 1 aromatic heterocycles. The smallest absolute Gasteiger partial charge is 0.241 e. The fourth-order valence-electron chi connectivity index (χ4n) is 1.83. The number of anilines is 2. The van der Waals surface area contributed by atoms with Gasteiger partial charge in [-0.25, -0.2) is 9.97 Å². The van der Waals surface area contributed by atoms with E-state index in [9.17, 15) is 4.79 Å². The summed E-state index contributed by atoms with van der Waals surface area (Å²) in [6, 6.07) is 1.77. The molecule has 0 fully saturated rings. The maximum absolute atomic E-state index is 12.0. The molecule has 0 unspecified atom stereocenters. The summed E-state index contributed by atoms with van der Waals surface area (Å²) in [5.41, 5.74) is 0. The van der Waals surface area contributed by atoms with Gasteiger partial charge in [0.2, 0.25) is 5.91 Å². The van der Waals surface area contributed by atoms with E-state index in [1.165, 1.54) is 0 Å². The molecule has 1 rings (SSSR count). The summed E-state index contributed by atoms with van der Waals surface area (Å²) < 4.78 is 5.32. The average molecular weight is 295 g/mol. The highest BCUT2D eigenvalue weighted by atomic mass is 16.5. The summed E-state index contributed by atoms with van der Waals surface area (Å²) in [4.78, 5) is 22.4. The van der Waals surface area contributed by atoms with Crippen LogP contribution in [0, 0.1) is 0 Å². The Bertz CT molecular complexity index is 449. The van der Waals surface area contributed by atoms with Crippen molar-refractivity contribution >= 4 is 17.5 Å². The second kappa shape index (κ2) is 9.12. The largest absolute Gasteiger partial charge is 0.374 e. The molecule has 2 N–H and O–H groups in total. The Morgan fingerprint density at radius 3 is 2.48 bits per heavy atom. The Hall–Kier alpha value is -1.89. The number of nitrogens with zero attached hydrogens (tertiary/aromatic N) is 3. The van der Waals surface area contributed by atoms with E-state index in [1.807, 2.05) is 20.8 Å². The highest BCUT2D eigenvalue weighted by Crippen LogP contribution is 2.11. The summed E-state index contributed by atoms with van der Waals surface area (Å²) in [5.74, 6) is 1.94. The van der Waals surface area contributed by atoms with E-state index in [0.29, 0.717) is 43.8 Å². The second-order valence-corrected chi connectivity index (χ2v) is 4.36. The van der Waals surface area contributed by atoms with Crippen molar-refractivity contribution in [3.8, 4) is 0 Å². The van der Waals surface area contributed by atoms with Crippen LogP contribution >= 0.6 is 0 Å². The molecule has 21 heavy (non-hydrogen) atoms. The molecular weight excluding hydrogens is 270 g/mol. The molecule has 0 aromatic carbocycles. The summed E-state index contributed by atoms with van der Waals surface area (Å²) >= 11 is 0. The zero-order chi connectivity index (χ0) is 15.7. The van der Waals surface area contributed by atoms with Gasteiger partial charge in [-0.1, -0.05) is 0 Å². The number of ether oxygens (including phenoxy) is 1. The van der Waals surface area contributed by atoms with Crippen LogP contribution in [0.25, 0.3) is 0 Å². The number of amides is 1. The van der Waals surface area contributed by atoms with Crippen LogP contribution in [0.3, 0.4) is 0 Å². The molecule has 0 saturated carbocycles. The average Bonchev–Trinajstić information content (AvgIpc) is 2.51. The van der Waals surface area contributed by atoms with Crippen molar-refractivity contribution in [3.05, 3.63) is 11.9 Å². The van der Waals surface area contributed by atoms with Gasteiger partial charge in [0, 0.05) is 32.8 Å². The highest BCUT2D eigenvalue weighted by Gasteiger charge is 2.10. The van der Waals surface area contributed by atoms with E-state index >= 15 is 0 Å². The molecule has 1 amide bonds. The quantitative estimate of drug-likeness (QED) is 0.715. The molecular formula is C14H25N5O2. The first-order valence-electron chi connectivity index (χ1n) is 7.29. The lowest BCUT2D eigenvalue weighted by molar-refractivity contribution is -0.128. The Morgan fingerprint density at radius 1 is 1.24 bits per heavy atom. The van der Waals surface area contributed by atoms with E-state index in [0.717, 1.165) is 0 Å². The monoisotopic (exact) mass is 295 g/mol. The summed E-state index contributed by atoms with van der Waals surface area (Å²) in [6.07, 6.45) is 0. The van der Waals surface area contributed by atoms with Crippen LogP contribution in [0.1, 0.15) is 26.6 Å². The van der Waals surface area contributed by atoms with Gasteiger partial charge in [0.25, 0.3) is 0 Å². The molecule has 7 nitrogen and oxygen atoms in total. The van der Waals surface area contributed by atoms with Gasteiger partial charge >= 0.3 is 0 Å². The van der Waals surface area contributed by atoms with Crippen LogP contribution in [-0.4, -0.2) is 54.1 Å². The molecule has 0 spiro atoms. The fourth-order valence-corrected chi connectivity index (χ4v) is 1.83. The third-order valence-corrected chi connectivity index (χ3v) is 3.00. The number of carbonyl (C=O) groups is 1. The van der Waals surface area contributed by atoms with E-state index in [2.05, 4.69) is 20.6 Å². The van der Waals surface area contributed by atoms with Gasteiger partial charge in [-0.2, -0.15) is 0 Å². The van der Waals surface area contributed by atoms with Crippen molar-refractivity contribution in [2.24, 2.45) is 0 Å². The second-order valence-electron chi connectivity index (χ2n) is 4.36. The van der Waals surface area contributed by atoms with Gasteiger partial charge in [-0.3, -0.25) is 4.79 Å². The lowest BCUT2D eigenvalue weighted by Crippen LogP contribution is -2.35. The summed E-state index contributed by atoms with van der Waals surface area (Å²) in [5, 5.41) is 6.02. The highest BCUT2D eigenvalue weighted by molar-refractivity contribution is 5.80. The minimum Gasteiger partial charge on any atom is -0.374 e. The number of rotatable bonds is 9. The van der Waals surface area contributed by atoms with Gasteiger partial charge in [0.1, 0.15) is 18.2 Å². The first-order valence-corrected chi connectivity index (χ1v) is 7.29. The molecule has 7 heteroatoms. The van der Waals surface area contributed by atoms with Gasteiger partial charge < -0.3 is 20.3 Å². The van der Waals surface area contributed by atoms with Gasteiger partial charge in [0.15, 0.2) is 5.82 Å². The third kappa shape index (κ3) is 5.55.